The average molecular weight is 147 g/mol. The Kier molecular flexibility index (Phi) is 2.61. The molecule has 0 saturated heterocycles. The van der Waals surface area contributed by atoms with Crippen molar-refractivity contribution in [2.75, 3.05) is 6.54 Å². The highest BCUT2D eigenvalue weighted by Gasteiger charge is 1.81. The van der Waals surface area contributed by atoms with Gasteiger partial charge in [0.05, 0.1) is 6.54 Å². The Balaban J connectivity index is 2.52. The summed E-state index contributed by atoms with van der Waals surface area (Å²) in [5.41, 5.74) is 8.61. The summed E-state index contributed by atoms with van der Waals surface area (Å²) >= 11 is 0. The van der Waals surface area contributed by atoms with Crippen molar-refractivity contribution >= 4 is 0 Å². The minimum Gasteiger partial charge on any atom is -0.270 e. The third-order valence-electron chi connectivity index (χ3n) is 0.937. The van der Waals surface area contributed by atoms with Gasteiger partial charge in [-0.3, -0.25) is 5.10 Å². The van der Waals surface area contributed by atoms with Gasteiger partial charge in [-0.25, -0.2) is 0 Å². The highest BCUT2D eigenvalue weighted by Crippen LogP contribution is 1.85. The average Bonchev–Trinajstić information content (AvgIpc) is 2.50. The van der Waals surface area contributed by atoms with Crippen molar-refractivity contribution in [3.63, 3.8) is 0 Å². The van der Waals surface area contributed by atoms with E-state index in [2.05, 4.69) is 32.1 Å². The quantitative estimate of drug-likeness (QED) is 0.274. The van der Waals surface area contributed by atoms with Crippen LogP contribution >= 0.6 is 0 Å². The molecule has 0 atom stereocenters. The number of H-pyrrole nitrogens is 1. The van der Waals surface area contributed by atoms with Gasteiger partial charge in [0.1, 0.15) is 5.69 Å². The molecule has 0 aliphatic carbocycles. The lowest BCUT2D eigenvalue weighted by atomic mass is 10.4. The molecule has 1 aromatic rings. The summed E-state index contributed by atoms with van der Waals surface area (Å²) in [6.45, 7) is 0.190. The number of azide groups is 1. The van der Waals surface area contributed by atoms with E-state index in [0.717, 1.165) is 5.69 Å². The largest absolute Gasteiger partial charge is 0.270 e. The van der Waals surface area contributed by atoms with Crippen molar-refractivity contribution in [2.24, 2.45) is 5.11 Å². The van der Waals surface area contributed by atoms with Crippen molar-refractivity contribution in [3.8, 4) is 11.8 Å². The Morgan fingerprint density at radius 3 is 3.36 bits per heavy atom. The lowest BCUT2D eigenvalue weighted by molar-refractivity contribution is 1.08. The lowest BCUT2D eigenvalue weighted by Crippen LogP contribution is -1.74. The van der Waals surface area contributed by atoms with Gasteiger partial charge in [0.25, 0.3) is 0 Å². The molecule has 1 heterocycles. The Morgan fingerprint density at radius 1 is 1.82 bits per heavy atom. The number of nitrogens with one attached hydrogen (secondary N) is 1. The first-order valence-electron chi connectivity index (χ1n) is 2.92. The summed E-state index contributed by atoms with van der Waals surface area (Å²) in [4.78, 5) is 2.55. The first-order valence-corrected chi connectivity index (χ1v) is 2.92. The van der Waals surface area contributed by atoms with Gasteiger partial charge in [-0.15, -0.1) is 0 Å². The molecule has 1 aromatic heterocycles. The molecule has 5 nitrogen and oxygen atoms in total. The van der Waals surface area contributed by atoms with Crippen molar-refractivity contribution in [1.82, 2.24) is 10.2 Å². The van der Waals surface area contributed by atoms with Gasteiger partial charge >= 0.3 is 0 Å². The van der Waals surface area contributed by atoms with E-state index in [0.29, 0.717) is 0 Å². The smallest absolute Gasteiger partial charge is 0.107 e. The van der Waals surface area contributed by atoms with Gasteiger partial charge in [0.2, 0.25) is 0 Å². The van der Waals surface area contributed by atoms with Crippen LogP contribution in [0.2, 0.25) is 0 Å². The maximum absolute atomic E-state index is 7.89. The molecule has 0 fully saturated rings. The number of aromatic nitrogens is 2. The molecule has 0 radical (unpaired) electrons. The summed E-state index contributed by atoms with van der Waals surface area (Å²) in [5, 5.41) is 9.59. The van der Waals surface area contributed by atoms with Crippen LogP contribution in [0.1, 0.15) is 5.69 Å². The third-order valence-corrected chi connectivity index (χ3v) is 0.937. The molecule has 0 aromatic carbocycles. The number of hydrogen-bond donors (Lipinski definition) is 1. The molecule has 1 rings (SSSR count). The second-order valence-electron chi connectivity index (χ2n) is 1.66. The van der Waals surface area contributed by atoms with E-state index in [1.807, 2.05) is 0 Å². The molecule has 0 spiro atoms. The summed E-state index contributed by atoms with van der Waals surface area (Å²) in [6.07, 6.45) is 1.61. The normalized spacial score (nSPS) is 7.64. The Morgan fingerprint density at radius 2 is 2.73 bits per heavy atom. The molecule has 0 aliphatic rings. The zero-order valence-corrected chi connectivity index (χ0v) is 5.65. The van der Waals surface area contributed by atoms with E-state index in [-0.39, 0.29) is 6.54 Å². The molecule has 11 heavy (non-hydrogen) atoms. The topological polar surface area (TPSA) is 77.4 Å². The third kappa shape index (κ3) is 2.43. The number of rotatable bonds is 1. The van der Waals surface area contributed by atoms with Crippen LogP contribution in [0.25, 0.3) is 10.4 Å². The fraction of sp³-hybridized carbons (Fsp3) is 0.167. The molecule has 0 amide bonds. The minimum absolute atomic E-state index is 0.190. The van der Waals surface area contributed by atoms with Crippen LogP contribution < -0.4 is 0 Å². The van der Waals surface area contributed by atoms with Crippen molar-refractivity contribution < 1.29 is 0 Å². The van der Waals surface area contributed by atoms with Gasteiger partial charge in [0, 0.05) is 11.1 Å². The van der Waals surface area contributed by atoms with Crippen LogP contribution in [-0.2, 0) is 0 Å². The molecule has 0 saturated carbocycles. The summed E-state index contributed by atoms with van der Waals surface area (Å²) < 4.78 is 0. The van der Waals surface area contributed by atoms with E-state index < -0.39 is 0 Å². The predicted octanol–water partition coefficient (Wildman–Crippen LogP) is 1.07. The minimum atomic E-state index is 0.190. The lowest BCUT2D eigenvalue weighted by Gasteiger charge is -1.74. The van der Waals surface area contributed by atoms with Gasteiger partial charge in [-0.05, 0) is 17.5 Å². The van der Waals surface area contributed by atoms with Crippen molar-refractivity contribution in [1.29, 1.82) is 0 Å². The Labute approximate surface area is 63.1 Å². The van der Waals surface area contributed by atoms with Gasteiger partial charge in [-0.1, -0.05) is 11.0 Å². The predicted molar refractivity (Wildman–Crippen MR) is 39.5 cm³/mol. The van der Waals surface area contributed by atoms with Crippen molar-refractivity contribution in [2.45, 2.75) is 0 Å². The van der Waals surface area contributed by atoms with Gasteiger partial charge < -0.3 is 0 Å². The van der Waals surface area contributed by atoms with Gasteiger partial charge in [-0.2, -0.15) is 5.10 Å². The SMILES string of the molecule is [N-]=[N+]=NCC#Cc1ccn[nH]1. The monoisotopic (exact) mass is 147 g/mol. The highest BCUT2D eigenvalue weighted by molar-refractivity contribution is 5.25. The van der Waals surface area contributed by atoms with E-state index in [1.165, 1.54) is 0 Å². The van der Waals surface area contributed by atoms with Crippen LogP contribution in [0.5, 0.6) is 0 Å². The first-order chi connectivity index (χ1) is 5.43. The Hall–Kier alpha value is -1.92. The summed E-state index contributed by atoms with van der Waals surface area (Å²) in [7, 11) is 0. The van der Waals surface area contributed by atoms with Crippen LogP contribution in [0.15, 0.2) is 17.4 Å². The molecule has 1 N–H and O–H groups in total. The second-order valence-corrected chi connectivity index (χ2v) is 1.66. The second kappa shape index (κ2) is 3.99. The maximum atomic E-state index is 7.89. The molecule has 0 bridgehead atoms. The van der Waals surface area contributed by atoms with Crippen LogP contribution in [0, 0.1) is 11.8 Å². The van der Waals surface area contributed by atoms with Gasteiger partial charge in [0.15, 0.2) is 0 Å². The fourth-order valence-corrected chi connectivity index (χ4v) is 0.527. The van der Waals surface area contributed by atoms with E-state index >= 15 is 0 Å². The van der Waals surface area contributed by atoms with Crippen molar-refractivity contribution in [3.05, 3.63) is 28.4 Å². The zero-order valence-electron chi connectivity index (χ0n) is 5.65. The van der Waals surface area contributed by atoms with Crippen LogP contribution in [0.3, 0.4) is 0 Å². The molecular formula is C6H5N5. The summed E-state index contributed by atoms with van der Waals surface area (Å²) in [5.74, 6) is 5.37. The number of aromatic amines is 1. The number of nitrogens with zero attached hydrogens (tertiary/aromatic N) is 4. The Bertz CT molecular complexity index is 308. The zero-order chi connectivity index (χ0) is 7.94. The molecular weight excluding hydrogens is 142 g/mol. The number of hydrogen-bond acceptors (Lipinski definition) is 2. The van der Waals surface area contributed by atoms with Crippen LogP contribution in [0.4, 0.5) is 0 Å². The van der Waals surface area contributed by atoms with E-state index in [1.54, 1.807) is 12.3 Å². The fourth-order valence-electron chi connectivity index (χ4n) is 0.527. The molecule has 0 aliphatic heterocycles. The summed E-state index contributed by atoms with van der Waals surface area (Å²) in [6, 6.07) is 1.74. The molecule has 54 valence electrons. The molecule has 5 heteroatoms. The van der Waals surface area contributed by atoms with E-state index in [9.17, 15) is 0 Å². The first kappa shape index (κ1) is 7.19. The molecule has 0 unspecified atom stereocenters. The highest BCUT2D eigenvalue weighted by atomic mass is 15.1. The van der Waals surface area contributed by atoms with E-state index in [4.69, 9.17) is 5.53 Å². The maximum Gasteiger partial charge on any atom is 0.107 e. The standard InChI is InChI=1S/C6H5N5/c7-11-9-4-1-2-6-3-5-8-10-6/h3,5H,4H2,(H,8,10). The van der Waals surface area contributed by atoms with Crippen LogP contribution in [-0.4, -0.2) is 16.7 Å².